The highest BCUT2D eigenvalue weighted by molar-refractivity contribution is 6.30. The molecule has 3 heterocycles. The molecule has 0 radical (unpaired) electrons. The molecule has 1 saturated heterocycles. The average Bonchev–Trinajstić information content (AvgIpc) is 3.07. The van der Waals surface area contributed by atoms with Crippen molar-refractivity contribution in [1.82, 2.24) is 15.2 Å². The lowest BCUT2D eigenvalue weighted by atomic mass is 9.93. The van der Waals surface area contributed by atoms with Crippen molar-refractivity contribution in [2.75, 3.05) is 0 Å². The fourth-order valence-electron chi connectivity index (χ4n) is 4.03. The van der Waals surface area contributed by atoms with Crippen LogP contribution in [0.25, 0.3) is 0 Å². The van der Waals surface area contributed by atoms with E-state index in [0.717, 1.165) is 12.3 Å². The van der Waals surface area contributed by atoms with E-state index in [1.54, 1.807) is 0 Å². The summed E-state index contributed by atoms with van der Waals surface area (Å²) in [7, 11) is 0. The Kier molecular flexibility index (Phi) is 5.96. The highest BCUT2D eigenvalue weighted by atomic mass is 35.5. The summed E-state index contributed by atoms with van der Waals surface area (Å²) in [6.07, 6.45) is -4.20. The molecule has 33 heavy (non-hydrogen) atoms. The van der Waals surface area contributed by atoms with Crippen LogP contribution in [-0.2, 0) is 16.1 Å². The Balaban J connectivity index is 1.54. The van der Waals surface area contributed by atoms with Crippen LogP contribution in [0.1, 0.15) is 57.2 Å². The maximum Gasteiger partial charge on any atom is 0.397 e. The van der Waals surface area contributed by atoms with E-state index >= 15 is 0 Å². The topological polar surface area (TPSA) is 96.4 Å². The predicted octanol–water partition coefficient (Wildman–Crippen LogP) is 3.41. The molecule has 0 bridgehead atoms. The number of nitrogens with one attached hydrogen (secondary N) is 1. The lowest BCUT2D eigenvalue weighted by Gasteiger charge is -2.29. The molecule has 1 aromatic carbocycles. The number of benzene rings is 1. The van der Waals surface area contributed by atoms with Gasteiger partial charge in [0.1, 0.15) is 12.0 Å². The second-order valence-electron chi connectivity index (χ2n) is 7.89. The van der Waals surface area contributed by atoms with Gasteiger partial charge in [-0.1, -0.05) is 17.7 Å². The van der Waals surface area contributed by atoms with Crippen molar-refractivity contribution in [1.29, 1.82) is 0 Å². The fraction of sp³-hybridized carbons (Fsp3) is 0.318. The van der Waals surface area contributed by atoms with Crippen LogP contribution in [0.15, 0.2) is 36.5 Å². The summed E-state index contributed by atoms with van der Waals surface area (Å²) in [5.74, 6) is -4.30. The maximum atomic E-state index is 13.6. The van der Waals surface area contributed by atoms with E-state index in [0.29, 0.717) is 5.56 Å². The SMILES string of the molecule is O=C1CCC(N2Cc3cc(C(=O)C[C@H](c4ccc(Cl)cn4)C(F)(F)F)ccc3C2=O)C(=O)N1. The monoisotopic (exact) mass is 479 g/mol. The molecule has 1 N–H and O–H groups in total. The normalized spacial score (nSPS) is 19.3. The molecule has 2 atom stereocenters. The van der Waals surface area contributed by atoms with Crippen LogP contribution < -0.4 is 5.32 Å². The third kappa shape index (κ3) is 4.61. The Morgan fingerprint density at radius 2 is 1.97 bits per heavy atom. The highest BCUT2D eigenvalue weighted by Gasteiger charge is 2.43. The summed E-state index contributed by atoms with van der Waals surface area (Å²) < 4.78 is 40.9. The van der Waals surface area contributed by atoms with E-state index in [4.69, 9.17) is 11.6 Å². The number of carbonyl (C=O) groups excluding carboxylic acids is 4. The van der Waals surface area contributed by atoms with Crippen molar-refractivity contribution in [2.45, 2.75) is 43.9 Å². The molecule has 7 nitrogen and oxygen atoms in total. The minimum atomic E-state index is -4.70. The van der Waals surface area contributed by atoms with Gasteiger partial charge in [-0.05, 0) is 36.2 Å². The number of Topliss-reactive ketones (excluding diaryl/α,β-unsaturated/α-hetero) is 1. The number of nitrogens with zero attached hydrogens (tertiary/aromatic N) is 2. The first-order chi connectivity index (χ1) is 15.5. The summed E-state index contributed by atoms with van der Waals surface area (Å²) in [6, 6.07) is 5.64. The maximum absolute atomic E-state index is 13.6. The van der Waals surface area contributed by atoms with Gasteiger partial charge in [0, 0.05) is 36.7 Å². The van der Waals surface area contributed by atoms with Gasteiger partial charge in [-0.25, -0.2) is 0 Å². The zero-order valence-electron chi connectivity index (χ0n) is 17.0. The Morgan fingerprint density at radius 3 is 2.61 bits per heavy atom. The highest BCUT2D eigenvalue weighted by Crippen LogP contribution is 2.38. The number of hydrogen-bond donors (Lipinski definition) is 1. The number of piperidine rings is 1. The standard InChI is InChI=1S/C22H17ClF3N3O4/c23-13-2-4-16(27-9-13)15(22(24,25)26)8-18(30)11-1-3-14-12(7-11)10-29(21(14)33)17-5-6-19(31)28-20(17)32/h1-4,7,9,15,17H,5-6,8,10H2,(H,28,31,32)/t15-,17?/m1/s1. The molecule has 2 aliphatic rings. The minimum Gasteiger partial charge on any atom is -0.322 e. The molecule has 1 aromatic heterocycles. The molecule has 172 valence electrons. The molecule has 2 aromatic rings. The number of pyridine rings is 1. The molecular weight excluding hydrogens is 463 g/mol. The molecular formula is C22H17ClF3N3O4. The summed E-state index contributed by atoms with van der Waals surface area (Å²) in [5, 5.41) is 2.37. The van der Waals surface area contributed by atoms with Gasteiger partial charge in [0.15, 0.2) is 5.78 Å². The second kappa shape index (κ2) is 8.58. The zero-order chi connectivity index (χ0) is 23.9. The molecule has 1 fully saturated rings. The lowest BCUT2D eigenvalue weighted by Crippen LogP contribution is -2.52. The van der Waals surface area contributed by atoms with E-state index in [2.05, 4.69) is 10.3 Å². The molecule has 0 spiro atoms. The number of fused-ring (bicyclic) bond motifs is 1. The van der Waals surface area contributed by atoms with E-state index in [1.165, 1.54) is 29.2 Å². The van der Waals surface area contributed by atoms with Gasteiger partial charge in [0.2, 0.25) is 11.8 Å². The molecule has 1 unspecified atom stereocenters. The summed E-state index contributed by atoms with van der Waals surface area (Å²) in [4.78, 5) is 54.0. The van der Waals surface area contributed by atoms with E-state index < -0.39 is 48.1 Å². The molecule has 0 saturated carbocycles. The van der Waals surface area contributed by atoms with Gasteiger partial charge in [-0.15, -0.1) is 0 Å². The van der Waals surface area contributed by atoms with Gasteiger partial charge in [0.05, 0.1) is 10.7 Å². The largest absolute Gasteiger partial charge is 0.397 e. The quantitative estimate of drug-likeness (QED) is 0.523. The van der Waals surface area contributed by atoms with E-state index in [9.17, 15) is 32.3 Å². The average molecular weight is 480 g/mol. The molecule has 11 heteroatoms. The van der Waals surface area contributed by atoms with Crippen LogP contribution in [0.4, 0.5) is 13.2 Å². The van der Waals surface area contributed by atoms with Crippen LogP contribution in [0.5, 0.6) is 0 Å². The number of imide groups is 1. The number of ketones is 1. The van der Waals surface area contributed by atoms with Gasteiger partial charge in [-0.2, -0.15) is 13.2 Å². The number of halogens is 4. The summed E-state index contributed by atoms with van der Waals surface area (Å²) in [6.45, 7) is 0.0169. The first kappa shape index (κ1) is 22.9. The molecule has 4 rings (SSSR count). The summed E-state index contributed by atoms with van der Waals surface area (Å²) in [5.41, 5.74) is 0.405. The third-order valence-corrected chi connectivity index (χ3v) is 5.96. The van der Waals surface area contributed by atoms with Crippen LogP contribution in [-0.4, -0.2) is 45.6 Å². The first-order valence-electron chi connectivity index (χ1n) is 10.0. The molecule has 2 aliphatic heterocycles. The Hall–Kier alpha value is -3.27. The molecule has 3 amide bonds. The first-order valence-corrected chi connectivity index (χ1v) is 10.4. The van der Waals surface area contributed by atoms with Crippen molar-refractivity contribution in [2.24, 2.45) is 0 Å². The smallest absolute Gasteiger partial charge is 0.322 e. The van der Waals surface area contributed by atoms with Crippen molar-refractivity contribution >= 4 is 35.1 Å². The number of alkyl halides is 3. The minimum absolute atomic E-state index is 0.0169. The van der Waals surface area contributed by atoms with Crippen LogP contribution in [0.2, 0.25) is 5.02 Å². The number of carbonyl (C=O) groups is 4. The number of rotatable bonds is 5. The van der Waals surface area contributed by atoms with Crippen LogP contribution in [0, 0.1) is 0 Å². The third-order valence-electron chi connectivity index (χ3n) is 5.74. The Labute approximate surface area is 190 Å². The van der Waals surface area contributed by atoms with Gasteiger partial charge < -0.3 is 4.90 Å². The predicted molar refractivity (Wildman–Crippen MR) is 109 cm³/mol. The molecule has 0 aliphatic carbocycles. The van der Waals surface area contributed by atoms with Crippen molar-refractivity contribution in [3.8, 4) is 0 Å². The number of aromatic nitrogens is 1. The van der Waals surface area contributed by atoms with E-state index in [-0.39, 0.29) is 41.2 Å². The number of hydrogen-bond acceptors (Lipinski definition) is 5. The number of amides is 3. The summed E-state index contributed by atoms with van der Waals surface area (Å²) >= 11 is 5.70. The lowest BCUT2D eigenvalue weighted by molar-refractivity contribution is -0.150. The van der Waals surface area contributed by atoms with Crippen LogP contribution >= 0.6 is 11.6 Å². The van der Waals surface area contributed by atoms with Crippen molar-refractivity contribution in [3.63, 3.8) is 0 Å². The van der Waals surface area contributed by atoms with E-state index in [1.807, 2.05) is 0 Å². The fourth-order valence-corrected chi connectivity index (χ4v) is 4.14. The van der Waals surface area contributed by atoms with Crippen molar-refractivity contribution in [3.05, 3.63) is 63.9 Å². The van der Waals surface area contributed by atoms with Crippen LogP contribution in [0.3, 0.4) is 0 Å². The van der Waals surface area contributed by atoms with Gasteiger partial charge >= 0.3 is 6.18 Å². The Morgan fingerprint density at radius 1 is 1.21 bits per heavy atom. The second-order valence-corrected chi connectivity index (χ2v) is 8.33. The van der Waals surface area contributed by atoms with Crippen molar-refractivity contribution < 1.29 is 32.3 Å². The van der Waals surface area contributed by atoms with Gasteiger partial charge in [-0.3, -0.25) is 29.5 Å². The van der Waals surface area contributed by atoms with Gasteiger partial charge in [0.25, 0.3) is 5.91 Å². The Bertz CT molecular complexity index is 1150. The zero-order valence-corrected chi connectivity index (χ0v) is 17.7.